The Labute approximate surface area is 92.7 Å². The molecule has 0 aliphatic rings. The normalized spacial score (nSPS) is 15.2. The number of nitrogens with one attached hydrogen (secondary N) is 1. The van der Waals surface area contributed by atoms with E-state index in [-0.39, 0.29) is 5.25 Å². The number of hydrogen-bond donors (Lipinski definition) is 1. The summed E-state index contributed by atoms with van der Waals surface area (Å²) in [6, 6.07) is 0. The van der Waals surface area contributed by atoms with E-state index in [1.807, 2.05) is 25.5 Å². The zero-order valence-corrected chi connectivity index (χ0v) is 10.5. The van der Waals surface area contributed by atoms with Crippen molar-refractivity contribution in [3.05, 3.63) is 11.6 Å². The predicted octanol–water partition coefficient (Wildman–Crippen LogP) is -0.0199. The van der Waals surface area contributed by atoms with E-state index in [1.165, 1.54) is 0 Å². The lowest BCUT2D eigenvalue weighted by atomic mass is 10.4. The van der Waals surface area contributed by atoms with Gasteiger partial charge in [-0.05, 0) is 13.8 Å². The zero-order chi connectivity index (χ0) is 11.4. The van der Waals surface area contributed by atoms with Gasteiger partial charge >= 0.3 is 0 Å². The summed E-state index contributed by atoms with van der Waals surface area (Å²) in [5.74, 6) is 1.81. The molecule has 2 unspecified atom stereocenters. The molecule has 1 aromatic heterocycles. The number of rotatable bonds is 5. The number of nitrogens with zero attached hydrogens (tertiary/aromatic N) is 3. The molecule has 0 amide bonds. The lowest BCUT2D eigenvalue weighted by molar-refractivity contribution is 0.618. The number of aromatic nitrogens is 3. The van der Waals surface area contributed by atoms with Gasteiger partial charge in [0, 0.05) is 35.9 Å². The highest BCUT2D eigenvalue weighted by molar-refractivity contribution is 7.84. The summed E-state index contributed by atoms with van der Waals surface area (Å²) in [5, 5.41) is 11.4. The van der Waals surface area contributed by atoms with Crippen molar-refractivity contribution in [2.24, 2.45) is 7.05 Å². The van der Waals surface area contributed by atoms with E-state index in [0.29, 0.717) is 6.54 Å². The molecule has 0 spiro atoms. The Morgan fingerprint density at radius 1 is 1.53 bits per heavy atom. The summed E-state index contributed by atoms with van der Waals surface area (Å²) < 4.78 is 13.0. The van der Waals surface area contributed by atoms with Crippen molar-refractivity contribution in [3.8, 4) is 0 Å². The molecule has 2 atom stereocenters. The fourth-order valence-electron chi connectivity index (χ4n) is 1.11. The van der Waals surface area contributed by atoms with Crippen molar-refractivity contribution in [2.75, 3.05) is 12.8 Å². The Kier molecular flexibility index (Phi) is 4.41. The van der Waals surface area contributed by atoms with Crippen molar-refractivity contribution in [1.82, 2.24) is 20.1 Å². The number of hydrogen-bond acceptors (Lipinski definition) is 4. The molecule has 86 valence electrons. The number of aryl methyl sites for hydroxylation is 1. The van der Waals surface area contributed by atoms with Crippen LogP contribution in [0.3, 0.4) is 0 Å². The van der Waals surface area contributed by atoms with Crippen LogP contribution in [0.1, 0.15) is 18.6 Å². The lowest BCUT2D eigenvalue weighted by Gasteiger charge is -2.09. The topological polar surface area (TPSA) is 59.8 Å². The van der Waals surface area contributed by atoms with Gasteiger partial charge in [0.2, 0.25) is 0 Å². The molecule has 0 fully saturated rings. The molecule has 5 nitrogen and oxygen atoms in total. The Morgan fingerprint density at radius 2 is 2.20 bits per heavy atom. The minimum atomic E-state index is -0.774. The summed E-state index contributed by atoms with van der Waals surface area (Å²) in [7, 11) is 1.16. The summed E-state index contributed by atoms with van der Waals surface area (Å²) in [5.41, 5.74) is 0. The van der Waals surface area contributed by atoms with Crippen LogP contribution >= 0.6 is 0 Å². The van der Waals surface area contributed by atoms with E-state index < -0.39 is 10.8 Å². The van der Waals surface area contributed by atoms with Crippen LogP contribution in [0.15, 0.2) is 0 Å². The van der Waals surface area contributed by atoms with Crippen LogP contribution in [0.25, 0.3) is 0 Å². The van der Waals surface area contributed by atoms with E-state index in [2.05, 4.69) is 15.5 Å². The molecule has 6 heteroatoms. The van der Waals surface area contributed by atoms with E-state index in [1.54, 1.807) is 6.26 Å². The molecular weight excluding hydrogens is 212 g/mol. The van der Waals surface area contributed by atoms with Gasteiger partial charge < -0.3 is 9.88 Å². The second-order valence-electron chi connectivity index (χ2n) is 3.66. The fraction of sp³-hybridized carbons (Fsp3) is 0.778. The van der Waals surface area contributed by atoms with E-state index >= 15 is 0 Å². The van der Waals surface area contributed by atoms with Crippen molar-refractivity contribution in [3.63, 3.8) is 0 Å². The molecule has 1 heterocycles. The maximum Gasteiger partial charge on any atom is 0.146 e. The third-order valence-electron chi connectivity index (χ3n) is 2.46. The van der Waals surface area contributed by atoms with Gasteiger partial charge in [-0.25, -0.2) is 0 Å². The average Bonchev–Trinajstić information content (AvgIpc) is 2.49. The van der Waals surface area contributed by atoms with Crippen LogP contribution in [0, 0.1) is 6.92 Å². The van der Waals surface area contributed by atoms with Gasteiger partial charge in [0.25, 0.3) is 0 Å². The molecule has 0 aliphatic heterocycles. The van der Waals surface area contributed by atoms with Crippen molar-refractivity contribution in [2.45, 2.75) is 25.6 Å². The highest BCUT2D eigenvalue weighted by Gasteiger charge is 2.07. The SMILES string of the molecule is Cc1nnc(CNCC(C)S(C)=O)n1C. The molecule has 0 aliphatic carbocycles. The highest BCUT2D eigenvalue weighted by atomic mass is 32.2. The summed E-state index contributed by atoms with van der Waals surface area (Å²) in [6.45, 7) is 5.28. The van der Waals surface area contributed by atoms with Gasteiger partial charge in [0.1, 0.15) is 11.6 Å². The van der Waals surface area contributed by atoms with Gasteiger partial charge in [-0.15, -0.1) is 10.2 Å². The van der Waals surface area contributed by atoms with Crippen LogP contribution < -0.4 is 5.32 Å². The Bertz CT molecular complexity index is 350. The second kappa shape index (κ2) is 5.37. The van der Waals surface area contributed by atoms with Crippen molar-refractivity contribution < 1.29 is 4.21 Å². The quantitative estimate of drug-likeness (QED) is 0.772. The molecule has 0 saturated carbocycles. The first-order valence-electron chi connectivity index (χ1n) is 4.90. The standard InChI is InChI=1S/C9H18N4OS/c1-7(15(4)14)5-10-6-9-12-11-8(2)13(9)3/h7,10H,5-6H2,1-4H3. The van der Waals surface area contributed by atoms with Gasteiger partial charge in [-0.1, -0.05) is 0 Å². The van der Waals surface area contributed by atoms with Crippen LogP contribution in [0.4, 0.5) is 0 Å². The van der Waals surface area contributed by atoms with Gasteiger partial charge in [0.15, 0.2) is 0 Å². The zero-order valence-electron chi connectivity index (χ0n) is 9.65. The average molecular weight is 230 g/mol. The van der Waals surface area contributed by atoms with Crippen molar-refractivity contribution >= 4 is 10.8 Å². The van der Waals surface area contributed by atoms with Crippen LogP contribution in [0.5, 0.6) is 0 Å². The molecule has 0 aromatic carbocycles. The maximum absolute atomic E-state index is 11.1. The molecule has 15 heavy (non-hydrogen) atoms. The maximum atomic E-state index is 11.1. The summed E-state index contributed by atoms with van der Waals surface area (Å²) >= 11 is 0. The smallest absolute Gasteiger partial charge is 0.146 e. The molecule has 1 rings (SSSR count). The van der Waals surface area contributed by atoms with Crippen molar-refractivity contribution in [1.29, 1.82) is 0 Å². The Balaban J connectivity index is 2.38. The van der Waals surface area contributed by atoms with E-state index in [4.69, 9.17) is 0 Å². The summed E-state index contributed by atoms with van der Waals surface area (Å²) in [4.78, 5) is 0. The molecule has 0 bridgehead atoms. The first-order valence-corrected chi connectivity index (χ1v) is 6.52. The van der Waals surface area contributed by atoms with Gasteiger partial charge in [-0.2, -0.15) is 0 Å². The molecule has 1 aromatic rings. The fourth-order valence-corrected chi connectivity index (χ4v) is 1.46. The highest BCUT2D eigenvalue weighted by Crippen LogP contribution is 1.97. The first-order chi connectivity index (χ1) is 7.02. The monoisotopic (exact) mass is 230 g/mol. The molecule has 1 N–H and O–H groups in total. The molecule has 0 radical (unpaired) electrons. The Morgan fingerprint density at radius 3 is 2.67 bits per heavy atom. The third kappa shape index (κ3) is 3.39. The lowest BCUT2D eigenvalue weighted by Crippen LogP contribution is -2.28. The minimum Gasteiger partial charge on any atom is -0.317 e. The van der Waals surface area contributed by atoms with Crippen LogP contribution in [-0.4, -0.2) is 37.0 Å². The Hall–Kier alpha value is -0.750. The first kappa shape index (κ1) is 12.3. The van der Waals surface area contributed by atoms with Gasteiger partial charge in [0.05, 0.1) is 6.54 Å². The minimum absolute atomic E-state index is 0.166. The van der Waals surface area contributed by atoms with E-state index in [9.17, 15) is 4.21 Å². The van der Waals surface area contributed by atoms with Crippen LogP contribution in [0.2, 0.25) is 0 Å². The molecule has 0 saturated heterocycles. The van der Waals surface area contributed by atoms with Crippen LogP contribution in [-0.2, 0) is 24.4 Å². The summed E-state index contributed by atoms with van der Waals surface area (Å²) in [6.07, 6.45) is 1.72. The molecular formula is C9H18N4OS. The van der Waals surface area contributed by atoms with Gasteiger partial charge in [-0.3, -0.25) is 4.21 Å². The van der Waals surface area contributed by atoms with E-state index in [0.717, 1.165) is 18.2 Å². The predicted molar refractivity (Wildman–Crippen MR) is 61.0 cm³/mol. The largest absolute Gasteiger partial charge is 0.317 e. The third-order valence-corrected chi connectivity index (χ3v) is 3.76. The second-order valence-corrected chi connectivity index (χ2v) is 5.46.